The molecule has 2 aliphatic heterocycles. The topological polar surface area (TPSA) is 101 Å². The first-order valence-electron chi connectivity index (χ1n) is 8.83. The molecule has 26 heavy (non-hydrogen) atoms. The number of carbonyl (C=O) groups is 3. The van der Waals surface area contributed by atoms with Gasteiger partial charge in [-0.05, 0) is 40.0 Å². The Morgan fingerprint density at radius 1 is 1.23 bits per heavy atom. The lowest BCUT2D eigenvalue weighted by atomic mass is 9.82. The Bertz CT molecular complexity index is 726. The van der Waals surface area contributed by atoms with E-state index in [9.17, 15) is 14.4 Å². The SMILES string of the molecule is CC(C)(C)OC(=O)c1cnc(N2CCC3(CCCC(=O)NC3=O)C2)cn1. The zero-order valence-electron chi connectivity index (χ0n) is 15.4. The van der Waals surface area contributed by atoms with Crippen LogP contribution >= 0.6 is 0 Å². The van der Waals surface area contributed by atoms with Crippen LogP contribution in [0.3, 0.4) is 0 Å². The van der Waals surface area contributed by atoms with Crippen molar-refractivity contribution in [2.45, 2.75) is 52.1 Å². The Hall–Kier alpha value is -2.51. The molecule has 2 amide bonds. The van der Waals surface area contributed by atoms with E-state index in [4.69, 9.17) is 4.74 Å². The van der Waals surface area contributed by atoms with E-state index in [2.05, 4.69) is 15.3 Å². The van der Waals surface area contributed by atoms with Crippen molar-refractivity contribution in [3.05, 3.63) is 18.1 Å². The largest absolute Gasteiger partial charge is 0.455 e. The summed E-state index contributed by atoms with van der Waals surface area (Å²) in [4.78, 5) is 46.5. The summed E-state index contributed by atoms with van der Waals surface area (Å²) in [5.41, 5.74) is -1.00. The van der Waals surface area contributed by atoms with Gasteiger partial charge in [-0.15, -0.1) is 0 Å². The lowest BCUT2D eigenvalue weighted by Crippen LogP contribution is -2.43. The Morgan fingerprint density at radius 3 is 2.65 bits per heavy atom. The summed E-state index contributed by atoms with van der Waals surface area (Å²) in [6.07, 6.45) is 5.36. The van der Waals surface area contributed by atoms with Crippen molar-refractivity contribution in [1.29, 1.82) is 0 Å². The monoisotopic (exact) mass is 360 g/mol. The number of anilines is 1. The normalized spacial score (nSPS) is 23.7. The number of ether oxygens (including phenoxy) is 1. The summed E-state index contributed by atoms with van der Waals surface area (Å²) in [6.45, 7) is 6.52. The number of hydrogen-bond acceptors (Lipinski definition) is 7. The summed E-state index contributed by atoms with van der Waals surface area (Å²) in [5, 5.41) is 2.49. The Balaban J connectivity index is 1.70. The number of imide groups is 1. The highest BCUT2D eigenvalue weighted by atomic mass is 16.6. The number of carbonyl (C=O) groups excluding carboxylic acids is 3. The first kappa shape index (κ1) is 18.3. The van der Waals surface area contributed by atoms with Gasteiger partial charge in [0.05, 0.1) is 17.8 Å². The maximum atomic E-state index is 12.4. The van der Waals surface area contributed by atoms with E-state index in [1.54, 1.807) is 20.8 Å². The average molecular weight is 360 g/mol. The van der Waals surface area contributed by atoms with Gasteiger partial charge in [0.1, 0.15) is 11.4 Å². The maximum absolute atomic E-state index is 12.4. The molecule has 0 bridgehead atoms. The summed E-state index contributed by atoms with van der Waals surface area (Å²) in [7, 11) is 0. The van der Waals surface area contributed by atoms with Crippen LogP contribution in [-0.2, 0) is 14.3 Å². The molecule has 0 aromatic carbocycles. The molecule has 1 atom stereocenters. The highest BCUT2D eigenvalue weighted by Crippen LogP contribution is 2.38. The Kier molecular flexibility index (Phi) is 4.68. The van der Waals surface area contributed by atoms with E-state index >= 15 is 0 Å². The van der Waals surface area contributed by atoms with E-state index in [0.29, 0.717) is 44.6 Å². The van der Waals surface area contributed by atoms with Gasteiger partial charge in [-0.2, -0.15) is 0 Å². The molecule has 1 unspecified atom stereocenters. The van der Waals surface area contributed by atoms with Crippen LogP contribution < -0.4 is 10.2 Å². The highest BCUT2D eigenvalue weighted by molar-refractivity contribution is 5.99. The molecule has 1 aromatic rings. The van der Waals surface area contributed by atoms with Crippen molar-refractivity contribution >= 4 is 23.6 Å². The minimum atomic E-state index is -0.594. The molecule has 2 fully saturated rings. The molecular formula is C18H24N4O4. The van der Waals surface area contributed by atoms with Gasteiger partial charge >= 0.3 is 5.97 Å². The molecule has 0 saturated carbocycles. The van der Waals surface area contributed by atoms with Crippen molar-refractivity contribution in [2.75, 3.05) is 18.0 Å². The maximum Gasteiger partial charge on any atom is 0.359 e. The van der Waals surface area contributed by atoms with Gasteiger partial charge in [-0.25, -0.2) is 14.8 Å². The number of aromatic nitrogens is 2. The predicted molar refractivity (Wildman–Crippen MR) is 93.5 cm³/mol. The second kappa shape index (κ2) is 6.66. The van der Waals surface area contributed by atoms with E-state index < -0.39 is 17.0 Å². The van der Waals surface area contributed by atoms with Crippen LogP contribution in [0, 0.1) is 5.41 Å². The third-order valence-electron chi connectivity index (χ3n) is 4.72. The van der Waals surface area contributed by atoms with Crippen molar-refractivity contribution in [1.82, 2.24) is 15.3 Å². The lowest BCUT2D eigenvalue weighted by Gasteiger charge is -2.25. The highest BCUT2D eigenvalue weighted by Gasteiger charge is 2.46. The van der Waals surface area contributed by atoms with Gasteiger partial charge < -0.3 is 9.64 Å². The van der Waals surface area contributed by atoms with Crippen LogP contribution in [0.25, 0.3) is 0 Å². The Labute approximate surface area is 152 Å². The van der Waals surface area contributed by atoms with Crippen molar-refractivity contribution in [3.8, 4) is 0 Å². The van der Waals surface area contributed by atoms with E-state index in [1.807, 2.05) is 4.90 Å². The van der Waals surface area contributed by atoms with Crippen LogP contribution in [0.4, 0.5) is 5.82 Å². The summed E-state index contributed by atoms with van der Waals surface area (Å²) in [5.74, 6) is -0.304. The standard InChI is InChI=1S/C18H24N4O4/c1-17(2,3)26-15(24)12-9-20-13(10-19-12)22-8-7-18(11-22)6-4-5-14(23)21-16(18)25/h9-10H,4-8,11H2,1-3H3,(H,21,23,25). The van der Waals surface area contributed by atoms with Crippen molar-refractivity contribution < 1.29 is 19.1 Å². The fraction of sp³-hybridized carbons (Fsp3) is 0.611. The fourth-order valence-corrected chi connectivity index (χ4v) is 3.40. The molecule has 8 heteroatoms. The van der Waals surface area contributed by atoms with Gasteiger partial charge in [0, 0.05) is 19.5 Å². The van der Waals surface area contributed by atoms with Crippen LogP contribution in [-0.4, -0.2) is 46.4 Å². The van der Waals surface area contributed by atoms with Gasteiger partial charge in [0.25, 0.3) is 0 Å². The van der Waals surface area contributed by atoms with Crippen molar-refractivity contribution in [2.24, 2.45) is 5.41 Å². The summed E-state index contributed by atoms with van der Waals surface area (Å²) < 4.78 is 5.28. The molecular weight excluding hydrogens is 336 g/mol. The smallest absolute Gasteiger partial charge is 0.359 e. The molecule has 0 radical (unpaired) electrons. The van der Waals surface area contributed by atoms with Gasteiger partial charge in [-0.3, -0.25) is 14.9 Å². The molecule has 1 aromatic heterocycles. The van der Waals surface area contributed by atoms with Gasteiger partial charge in [0.15, 0.2) is 5.69 Å². The number of hydrogen-bond donors (Lipinski definition) is 1. The van der Waals surface area contributed by atoms with Gasteiger partial charge in [0.2, 0.25) is 11.8 Å². The quantitative estimate of drug-likeness (QED) is 0.629. The molecule has 3 rings (SSSR count). The minimum absolute atomic E-state index is 0.149. The second-order valence-electron chi connectivity index (χ2n) is 7.94. The number of nitrogens with one attached hydrogen (secondary N) is 1. The third-order valence-corrected chi connectivity index (χ3v) is 4.72. The average Bonchev–Trinajstić information content (AvgIpc) is 2.93. The number of rotatable bonds is 2. The summed E-state index contributed by atoms with van der Waals surface area (Å²) in [6, 6.07) is 0. The first-order valence-corrected chi connectivity index (χ1v) is 8.83. The number of esters is 1. The molecule has 1 N–H and O–H groups in total. The molecule has 3 heterocycles. The van der Waals surface area contributed by atoms with Crippen LogP contribution in [0.5, 0.6) is 0 Å². The van der Waals surface area contributed by atoms with E-state index in [0.717, 1.165) is 0 Å². The van der Waals surface area contributed by atoms with Crippen molar-refractivity contribution in [3.63, 3.8) is 0 Å². The molecule has 2 saturated heterocycles. The fourth-order valence-electron chi connectivity index (χ4n) is 3.40. The predicted octanol–water partition coefficient (Wildman–Crippen LogP) is 1.46. The second-order valence-corrected chi connectivity index (χ2v) is 7.94. The van der Waals surface area contributed by atoms with Gasteiger partial charge in [-0.1, -0.05) is 0 Å². The molecule has 1 spiro atoms. The molecule has 0 aliphatic carbocycles. The Morgan fingerprint density at radius 2 is 2.00 bits per heavy atom. The summed E-state index contributed by atoms with van der Waals surface area (Å²) >= 11 is 0. The molecule has 2 aliphatic rings. The third kappa shape index (κ3) is 3.84. The zero-order valence-corrected chi connectivity index (χ0v) is 15.4. The molecule has 140 valence electrons. The minimum Gasteiger partial charge on any atom is -0.455 e. The van der Waals surface area contributed by atoms with Crippen LogP contribution in [0.1, 0.15) is 56.9 Å². The number of nitrogens with zero attached hydrogens (tertiary/aromatic N) is 3. The van der Waals surface area contributed by atoms with E-state index in [-0.39, 0.29) is 17.5 Å². The lowest BCUT2D eigenvalue weighted by molar-refractivity contribution is -0.134. The first-order chi connectivity index (χ1) is 12.2. The molecule has 8 nitrogen and oxygen atoms in total. The van der Waals surface area contributed by atoms with E-state index in [1.165, 1.54) is 12.4 Å². The number of amides is 2. The van der Waals surface area contributed by atoms with Crippen LogP contribution in [0.15, 0.2) is 12.4 Å². The zero-order chi connectivity index (χ0) is 18.9. The van der Waals surface area contributed by atoms with Crippen LogP contribution in [0.2, 0.25) is 0 Å².